The summed E-state index contributed by atoms with van der Waals surface area (Å²) in [6.07, 6.45) is 2.31. The molecular formula is C18H30N2O3. The lowest BCUT2D eigenvalue weighted by atomic mass is 9.88. The highest BCUT2D eigenvalue weighted by molar-refractivity contribution is 5.62. The number of nitrogens with zero attached hydrogens (tertiary/aromatic N) is 1. The number of aliphatic hydroxyl groups excluding tert-OH is 1. The number of benzene rings is 1. The molecular weight excluding hydrogens is 292 g/mol. The van der Waals surface area contributed by atoms with Gasteiger partial charge in [0.25, 0.3) is 0 Å². The van der Waals surface area contributed by atoms with Gasteiger partial charge in [0.15, 0.2) is 11.5 Å². The van der Waals surface area contributed by atoms with Crippen molar-refractivity contribution in [3.05, 3.63) is 17.7 Å². The van der Waals surface area contributed by atoms with Crippen LogP contribution in [0.25, 0.3) is 0 Å². The van der Waals surface area contributed by atoms with E-state index in [4.69, 9.17) is 15.2 Å². The van der Waals surface area contributed by atoms with Crippen molar-refractivity contribution >= 4 is 5.69 Å². The lowest BCUT2D eigenvalue weighted by Gasteiger charge is -2.35. The summed E-state index contributed by atoms with van der Waals surface area (Å²) < 4.78 is 11.1. The summed E-state index contributed by atoms with van der Waals surface area (Å²) in [5.41, 5.74) is 7.84. The van der Waals surface area contributed by atoms with Crippen molar-refractivity contribution in [1.82, 2.24) is 4.90 Å². The van der Waals surface area contributed by atoms with Crippen molar-refractivity contribution < 1.29 is 14.6 Å². The van der Waals surface area contributed by atoms with Gasteiger partial charge in [-0.1, -0.05) is 13.8 Å². The van der Waals surface area contributed by atoms with Crippen LogP contribution in [0.5, 0.6) is 11.5 Å². The maximum Gasteiger partial charge on any atom is 0.184 e. The summed E-state index contributed by atoms with van der Waals surface area (Å²) in [4.78, 5) is 2.39. The van der Waals surface area contributed by atoms with Crippen LogP contribution in [0.1, 0.15) is 32.3 Å². The zero-order valence-corrected chi connectivity index (χ0v) is 14.5. The van der Waals surface area contributed by atoms with Crippen LogP contribution in [-0.2, 0) is 6.42 Å². The lowest BCUT2D eigenvalue weighted by Crippen LogP contribution is -2.43. The molecule has 130 valence electrons. The third-order valence-electron chi connectivity index (χ3n) is 4.54. The first-order chi connectivity index (χ1) is 11.1. The second-order valence-electron chi connectivity index (χ2n) is 6.28. The molecule has 1 aromatic rings. The van der Waals surface area contributed by atoms with Gasteiger partial charge in [0, 0.05) is 19.0 Å². The van der Waals surface area contributed by atoms with Gasteiger partial charge in [-0.2, -0.15) is 0 Å². The Labute approximate surface area is 139 Å². The van der Waals surface area contributed by atoms with Crippen molar-refractivity contribution in [1.29, 1.82) is 0 Å². The van der Waals surface area contributed by atoms with Crippen LogP contribution in [0.2, 0.25) is 0 Å². The fourth-order valence-electron chi connectivity index (χ4n) is 3.20. The Balaban J connectivity index is 2.14. The number of nitrogens with two attached hydrogens (primary N) is 1. The number of hydrogen-bond acceptors (Lipinski definition) is 5. The number of piperidine rings is 1. The molecule has 1 saturated heterocycles. The van der Waals surface area contributed by atoms with E-state index in [9.17, 15) is 5.11 Å². The van der Waals surface area contributed by atoms with Crippen molar-refractivity contribution in [2.45, 2.75) is 39.2 Å². The average Bonchev–Trinajstić information content (AvgIpc) is 2.55. The molecule has 1 heterocycles. The van der Waals surface area contributed by atoms with Gasteiger partial charge in [0.2, 0.25) is 0 Å². The molecule has 5 heteroatoms. The van der Waals surface area contributed by atoms with E-state index in [1.165, 1.54) is 0 Å². The molecule has 1 aromatic carbocycles. The normalized spacial score (nSPS) is 22.1. The molecule has 2 atom stereocenters. The van der Waals surface area contributed by atoms with Crippen molar-refractivity contribution in [2.24, 2.45) is 5.92 Å². The van der Waals surface area contributed by atoms with E-state index in [0.29, 0.717) is 23.8 Å². The summed E-state index contributed by atoms with van der Waals surface area (Å²) >= 11 is 0. The van der Waals surface area contributed by atoms with E-state index < -0.39 is 0 Å². The minimum atomic E-state index is -0.249. The monoisotopic (exact) mass is 322 g/mol. The minimum Gasteiger partial charge on any atom is -0.493 e. The average molecular weight is 322 g/mol. The topological polar surface area (TPSA) is 68.0 Å². The van der Waals surface area contributed by atoms with Crippen LogP contribution in [-0.4, -0.2) is 49.5 Å². The fourth-order valence-corrected chi connectivity index (χ4v) is 3.20. The summed E-state index contributed by atoms with van der Waals surface area (Å²) in [7, 11) is 1.63. The van der Waals surface area contributed by atoms with Gasteiger partial charge in [-0.25, -0.2) is 0 Å². The fraction of sp³-hybridized carbons (Fsp3) is 0.667. The SMILES string of the molecule is CCCOc1c(N)cc(CC2CN(CC)CCC2O)cc1OC. The minimum absolute atomic E-state index is 0.232. The van der Waals surface area contributed by atoms with Gasteiger partial charge in [-0.05, 0) is 43.5 Å². The number of likely N-dealkylation sites (tertiary alicyclic amines) is 1. The Morgan fingerprint density at radius 2 is 2.13 bits per heavy atom. The first-order valence-electron chi connectivity index (χ1n) is 8.58. The molecule has 1 fully saturated rings. The Hall–Kier alpha value is -1.46. The van der Waals surface area contributed by atoms with E-state index in [2.05, 4.69) is 18.7 Å². The molecule has 23 heavy (non-hydrogen) atoms. The van der Waals surface area contributed by atoms with E-state index in [0.717, 1.165) is 44.5 Å². The third-order valence-corrected chi connectivity index (χ3v) is 4.54. The predicted octanol–water partition coefficient (Wildman–Crippen LogP) is 2.31. The highest BCUT2D eigenvalue weighted by Crippen LogP contribution is 2.36. The third kappa shape index (κ3) is 4.52. The quantitative estimate of drug-likeness (QED) is 0.754. The number of nitrogen functional groups attached to an aromatic ring is 1. The molecule has 0 bridgehead atoms. The maximum absolute atomic E-state index is 10.3. The summed E-state index contributed by atoms with van der Waals surface area (Å²) in [6, 6.07) is 3.93. The van der Waals surface area contributed by atoms with Gasteiger partial charge in [0.05, 0.1) is 25.5 Å². The molecule has 0 aliphatic carbocycles. The summed E-state index contributed by atoms with van der Waals surface area (Å²) in [5, 5.41) is 10.3. The Bertz CT molecular complexity index is 507. The molecule has 0 amide bonds. The molecule has 2 unspecified atom stereocenters. The van der Waals surface area contributed by atoms with Crippen LogP contribution in [0.3, 0.4) is 0 Å². The van der Waals surface area contributed by atoms with Crippen LogP contribution >= 0.6 is 0 Å². The molecule has 0 spiro atoms. The van der Waals surface area contributed by atoms with Gasteiger partial charge in [-0.3, -0.25) is 0 Å². The number of methoxy groups -OCH3 is 1. The first kappa shape index (κ1) is 17.9. The zero-order valence-electron chi connectivity index (χ0n) is 14.5. The predicted molar refractivity (Wildman–Crippen MR) is 93.1 cm³/mol. The highest BCUT2D eigenvalue weighted by Gasteiger charge is 2.27. The maximum atomic E-state index is 10.3. The highest BCUT2D eigenvalue weighted by atomic mass is 16.5. The number of hydrogen-bond donors (Lipinski definition) is 2. The number of aliphatic hydroxyl groups is 1. The number of rotatable bonds is 7. The second-order valence-corrected chi connectivity index (χ2v) is 6.28. The summed E-state index contributed by atoms with van der Waals surface area (Å²) in [6.45, 7) is 7.76. The second kappa shape index (κ2) is 8.41. The van der Waals surface area contributed by atoms with Crippen LogP contribution in [0.15, 0.2) is 12.1 Å². The molecule has 5 nitrogen and oxygen atoms in total. The molecule has 0 radical (unpaired) electrons. The smallest absolute Gasteiger partial charge is 0.184 e. The Morgan fingerprint density at radius 1 is 1.35 bits per heavy atom. The summed E-state index contributed by atoms with van der Waals surface area (Å²) in [5.74, 6) is 1.53. The van der Waals surface area contributed by atoms with Gasteiger partial charge < -0.3 is 25.2 Å². The van der Waals surface area contributed by atoms with E-state index in [1.54, 1.807) is 7.11 Å². The standard InChI is InChI=1S/C18H30N2O3/c1-4-8-23-18-15(19)10-13(11-17(18)22-3)9-14-12-20(5-2)7-6-16(14)21/h10-11,14,16,21H,4-9,12,19H2,1-3H3. The van der Waals surface area contributed by atoms with E-state index in [1.807, 2.05) is 12.1 Å². The molecule has 1 aliphatic heterocycles. The zero-order chi connectivity index (χ0) is 16.8. The van der Waals surface area contributed by atoms with Crippen LogP contribution < -0.4 is 15.2 Å². The van der Waals surface area contributed by atoms with E-state index in [-0.39, 0.29) is 12.0 Å². The molecule has 0 aromatic heterocycles. The van der Waals surface area contributed by atoms with Crippen LogP contribution in [0.4, 0.5) is 5.69 Å². The van der Waals surface area contributed by atoms with Gasteiger partial charge in [-0.15, -0.1) is 0 Å². The van der Waals surface area contributed by atoms with Gasteiger partial charge >= 0.3 is 0 Å². The number of ether oxygens (including phenoxy) is 2. The lowest BCUT2D eigenvalue weighted by molar-refractivity contribution is 0.0290. The molecule has 2 rings (SSSR count). The Kier molecular flexibility index (Phi) is 6.54. The number of anilines is 1. The first-order valence-corrected chi connectivity index (χ1v) is 8.58. The Morgan fingerprint density at radius 3 is 2.78 bits per heavy atom. The van der Waals surface area contributed by atoms with Crippen molar-refractivity contribution in [3.63, 3.8) is 0 Å². The van der Waals surface area contributed by atoms with Gasteiger partial charge in [0.1, 0.15) is 0 Å². The molecule has 0 saturated carbocycles. The van der Waals surface area contributed by atoms with Crippen LogP contribution in [0, 0.1) is 5.92 Å². The molecule has 1 aliphatic rings. The van der Waals surface area contributed by atoms with Crippen molar-refractivity contribution in [3.8, 4) is 11.5 Å². The largest absolute Gasteiger partial charge is 0.493 e. The molecule has 3 N–H and O–H groups in total. The van der Waals surface area contributed by atoms with E-state index >= 15 is 0 Å². The van der Waals surface area contributed by atoms with Crippen molar-refractivity contribution in [2.75, 3.05) is 39.1 Å².